The van der Waals surface area contributed by atoms with Gasteiger partial charge in [0, 0.05) is 19.0 Å². The second-order valence-corrected chi connectivity index (χ2v) is 6.08. The molecule has 0 saturated heterocycles. The third kappa shape index (κ3) is 6.51. The maximum Gasteiger partial charge on any atom is 0.434 e. The molecule has 0 spiro atoms. The van der Waals surface area contributed by atoms with Crippen LogP contribution in [0.5, 0.6) is 5.75 Å². The third-order valence-corrected chi connectivity index (χ3v) is 4.02. The Morgan fingerprint density at radius 3 is 2.58 bits per heavy atom. The van der Waals surface area contributed by atoms with Crippen molar-refractivity contribution in [3.8, 4) is 5.75 Å². The van der Waals surface area contributed by atoms with Crippen LogP contribution in [0.25, 0.3) is 0 Å². The van der Waals surface area contributed by atoms with E-state index in [0.29, 0.717) is 36.3 Å². The highest BCUT2D eigenvalue weighted by Crippen LogP contribution is 2.29. The molecule has 0 atom stereocenters. The number of guanidine groups is 1. The van der Waals surface area contributed by atoms with Gasteiger partial charge in [0.25, 0.3) is 0 Å². The Hall–Kier alpha value is -2.36. The van der Waals surface area contributed by atoms with E-state index in [9.17, 15) is 17.6 Å². The van der Waals surface area contributed by atoms with Crippen molar-refractivity contribution in [1.82, 2.24) is 15.6 Å². The summed E-state index contributed by atoms with van der Waals surface area (Å²) in [5.41, 5.74) is -0.889. The summed E-state index contributed by atoms with van der Waals surface area (Å²) in [4.78, 5) is 7.53. The molecular formula is C16H18F4N4OS. The average molecular weight is 390 g/mol. The van der Waals surface area contributed by atoms with Crippen molar-refractivity contribution in [3.63, 3.8) is 0 Å². The molecule has 0 unspecified atom stereocenters. The topological polar surface area (TPSA) is 58.5 Å². The monoisotopic (exact) mass is 390 g/mol. The SMILES string of the molecule is CN=C(NCCCOc1ccc(F)cc1)NCc1nc(C(F)(F)F)cs1. The minimum absolute atomic E-state index is 0.145. The lowest BCUT2D eigenvalue weighted by molar-refractivity contribution is -0.140. The Morgan fingerprint density at radius 1 is 1.23 bits per heavy atom. The number of nitrogens with one attached hydrogen (secondary N) is 2. The van der Waals surface area contributed by atoms with E-state index in [1.165, 1.54) is 12.1 Å². The highest BCUT2D eigenvalue weighted by molar-refractivity contribution is 7.09. The molecule has 142 valence electrons. The summed E-state index contributed by atoms with van der Waals surface area (Å²) >= 11 is 0.936. The van der Waals surface area contributed by atoms with Gasteiger partial charge >= 0.3 is 6.18 Å². The summed E-state index contributed by atoms with van der Waals surface area (Å²) in [6.45, 7) is 1.12. The van der Waals surface area contributed by atoms with Gasteiger partial charge in [-0.25, -0.2) is 9.37 Å². The Morgan fingerprint density at radius 2 is 1.96 bits per heavy atom. The minimum Gasteiger partial charge on any atom is -0.494 e. The standard InChI is InChI=1S/C16H18F4N4OS/c1-21-15(23-9-14-24-13(10-26-14)16(18,19)20)22-7-2-8-25-12-5-3-11(17)4-6-12/h3-6,10H,2,7-9H2,1H3,(H2,21,22,23). The Kier molecular flexibility index (Phi) is 7.19. The normalized spacial score (nSPS) is 12.1. The van der Waals surface area contributed by atoms with Crippen LogP contribution in [0.4, 0.5) is 17.6 Å². The van der Waals surface area contributed by atoms with Crippen LogP contribution in [0.3, 0.4) is 0 Å². The van der Waals surface area contributed by atoms with Crippen LogP contribution in [0.15, 0.2) is 34.6 Å². The summed E-state index contributed by atoms with van der Waals surface area (Å²) in [5, 5.41) is 7.23. The maximum atomic E-state index is 12.8. The van der Waals surface area contributed by atoms with Crippen LogP contribution in [0, 0.1) is 5.82 Å². The molecule has 0 aliphatic carbocycles. The lowest BCUT2D eigenvalue weighted by atomic mass is 10.3. The number of thiazole rings is 1. The molecule has 0 saturated carbocycles. The maximum absolute atomic E-state index is 12.8. The lowest BCUT2D eigenvalue weighted by Gasteiger charge is -2.11. The molecule has 1 heterocycles. The van der Waals surface area contributed by atoms with E-state index in [4.69, 9.17) is 4.74 Å². The van der Waals surface area contributed by atoms with E-state index in [-0.39, 0.29) is 12.4 Å². The van der Waals surface area contributed by atoms with Crippen LogP contribution >= 0.6 is 11.3 Å². The van der Waals surface area contributed by atoms with Crippen LogP contribution in [0.2, 0.25) is 0 Å². The van der Waals surface area contributed by atoms with Gasteiger partial charge in [0.2, 0.25) is 0 Å². The van der Waals surface area contributed by atoms with Gasteiger partial charge in [-0.3, -0.25) is 4.99 Å². The molecule has 10 heteroatoms. The fourth-order valence-electron chi connectivity index (χ4n) is 1.90. The van der Waals surface area contributed by atoms with Crippen molar-refractivity contribution in [2.45, 2.75) is 19.1 Å². The third-order valence-electron chi connectivity index (χ3n) is 3.17. The predicted molar refractivity (Wildman–Crippen MR) is 91.8 cm³/mol. The molecule has 0 fully saturated rings. The summed E-state index contributed by atoms with van der Waals surface area (Å²) in [7, 11) is 1.56. The van der Waals surface area contributed by atoms with E-state index in [1.807, 2.05) is 0 Å². The van der Waals surface area contributed by atoms with Crippen molar-refractivity contribution in [3.05, 3.63) is 46.2 Å². The van der Waals surface area contributed by atoms with Gasteiger partial charge in [-0.1, -0.05) is 0 Å². The zero-order valence-electron chi connectivity index (χ0n) is 13.9. The van der Waals surface area contributed by atoms with Gasteiger partial charge in [0.1, 0.15) is 16.6 Å². The van der Waals surface area contributed by atoms with Crippen molar-refractivity contribution < 1.29 is 22.3 Å². The summed E-state index contributed by atoms with van der Waals surface area (Å²) in [5.74, 6) is 0.713. The van der Waals surface area contributed by atoms with E-state index in [2.05, 4.69) is 20.6 Å². The fraction of sp³-hybridized carbons (Fsp3) is 0.375. The number of benzene rings is 1. The quantitative estimate of drug-likeness (QED) is 0.329. The van der Waals surface area contributed by atoms with E-state index in [1.54, 1.807) is 19.2 Å². The number of aliphatic imine (C=N–C) groups is 1. The number of rotatable bonds is 7. The molecule has 0 amide bonds. The van der Waals surface area contributed by atoms with E-state index < -0.39 is 11.9 Å². The Labute approximate surface area is 152 Å². The molecule has 1 aromatic carbocycles. The Balaban J connectivity index is 1.66. The predicted octanol–water partition coefficient (Wildman–Crippen LogP) is 3.44. The lowest BCUT2D eigenvalue weighted by Crippen LogP contribution is -2.37. The van der Waals surface area contributed by atoms with Gasteiger partial charge in [-0.15, -0.1) is 11.3 Å². The van der Waals surface area contributed by atoms with Crippen LogP contribution < -0.4 is 15.4 Å². The average Bonchev–Trinajstić information content (AvgIpc) is 3.08. The molecule has 5 nitrogen and oxygen atoms in total. The second kappa shape index (κ2) is 9.37. The zero-order chi connectivity index (χ0) is 19.0. The van der Waals surface area contributed by atoms with Crippen molar-refractivity contribution in [2.75, 3.05) is 20.2 Å². The summed E-state index contributed by atoms with van der Waals surface area (Å²) in [6.07, 6.45) is -3.77. The number of halogens is 4. The molecule has 0 aliphatic heterocycles. The van der Waals surface area contributed by atoms with Crippen LogP contribution in [-0.4, -0.2) is 31.1 Å². The first-order valence-corrected chi connectivity index (χ1v) is 8.61. The number of alkyl halides is 3. The number of ether oxygens (including phenoxy) is 1. The molecule has 2 rings (SSSR count). The molecule has 1 aromatic heterocycles. The zero-order valence-corrected chi connectivity index (χ0v) is 14.8. The molecule has 0 aliphatic rings. The molecule has 2 N–H and O–H groups in total. The summed E-state index contributed by atoms with van der Waals surface area (Å²) in [6, 6.07) is 5.74. The molecule has 2 aromatic rings. The van der Waals surface area contributed by atoms with Crippen molar-refractivity contribution in [2.24, 2.45) is 4.99 Å². The van der Waals surface area contributed by atoms with E-state index in [0.717, 1.165) is 16.7 Å². The van der Waals surface area contributed by atoms with Crippen molar-refractivity contribution >= 4 is 17.3 Å². The second-order valence-electron chi connectivity index (χ2n) is 5.13. The molecule has 26 heavy (non-hydrogen) atoms. The van der Waals surface area contributed by atoms with Gasteiger partial charge < -0.3 is 15.4 Å². The Bertz CT molecular complexity index is 716. The van der Waals surface area contributed by atoms with Crippen LogP contribution in [-0.2, 0) is 12.7 Å². The fourth-order valence-corrected chi connectivity index (χ4v) is 2.64. The van der Waals surface area contributed by atoms with Gasteiger partial charge in [0.05, 0.1) is 13.2 Å². The van der Waals surface area contributed by atoms with E-state index >= 15 is 0 Å². The number of hydrogen-bond acceptors (Lipinski definition) is 4. The minimum atomic E-state index is -4.43. The van der Waals surface area contributed by atoms with Crippen LogP contribution in [0.1, 0.15) is 17.1 Å². The van der Waals surface area contributed by atoms with Gasteiger partial charge in [-0.2, -0.15) is 13.2 Å². The number of nitrogens with zero attached hydrogens (tertiary/aromatic N) is 2. The molecular weight excluding hydrogens is 372 g/mol. The highest BCUT2D eigenvalue weighted by atomic mass is 32.1. The first-order chi connectivity index (χ1) is 12.4. The molecule has 0 bridgehead atoms. The smallest absolute Gasteiger partial charge is 0.434 e. The van der Waals surface area contributed by atoms with Gasteiger partial charge in [-0.05, 0) is 30.7 Å². The first-order valence-electron chi connectivity index (χ1n) is 7.73. The number of hydrogen-bond donors (Lipinski definition) is 2. The van der Waals surface area contributed by atoms with Gasteiger partial charge in [0.15, 0.2) is 11.7 Å². The molecule has 0 radical (unpaired) electrons. The first kappa shape index (κ1) is 20.0. The largest absolute Gasteiger partial charge is 0.494 e. The highest BCUT2D eigenvalue weighted by Gasteiger charge is 2.33. The number of aromatic nitrogens is 1. The summed E-state index contributed by atoms with van der Waals surface area (Å²) < 4.78 is 55.7. The van der Waals surface area contributed by atoms with Crippen molar-refractivity contribution in [1.29, 1.82) is 0 Å².